The third-order valence-corrected chi connectivity index (χ3v) is 5.83. The molecule has 0 spiro atoms. The third-order valence-electron chi connectivity index (χ3n) is 5.27. The van der Waals surface area contributed by atoms with E-state index < -0.39 is 5.97 Å². The largest absolute Gasteiger partial charge is 0.478 e. The first-order chi connectivity index (χ1) is 14.5. The second-order valence-corrected chi connectivity index (χ2v) is 7.91. The summed E-state index contributed by atoms with van der Waals surface area (Å²) >= 11 is 12.8. The van der Waals surface area contributed by atoms with Gasteiger partial charge in [0.05, 0.1) is 16.8 Å². The van der Waals surface area contributed by atoms with Crippen molar-refractivity contribution in [2.45, 2.75) is 0 Å². The predicted octanol–water partition coefficient (Wildman–Crippen LogP) is 7.46. The van der Waals surface area contributed by atoms with E-state index >= 15 is 0 Å². The molecule has 0 aliphatic heterocycles. The number of carboxylic acids is 1. The summed E-state index contributed by atoms with van der Waals surface area (Å²) < 4.78 is 2.03. The fourth-order valence-electron chi connectivity index (χ4n) is 3.91. The molecule has 0 saturated heterocycles. The topological polar surface area (TPSA) is 42.2 Å². The predicted molar refractivity (Wildman–Crippen MR) is 123 cm³/mol. The second-order valence-electron chi connectivity index (χ2n) is 7.06. The summed E-state index contributed by atoms with van der Waals surface area (Å²) in [5, 5.41) is 13.9. The van der Waals surface area contributed by atoms with Gasteiger partial charge in [-0.1, -0.05) is 59.6 Å². The average Bonchev–Trinajstić information content (AvgIpc) is 3.15. The molecular formula is C25H15Cl2NO2. The number of hydrogen-bond acceptors (Lipinski definition) is 1. The van der Waals surface area contributed by atoms with E-state index in [9.17, 15) is 9.90 Å². The molecule has 0 bridgehead atoms. The van der Waals surface area contributed by atoms with Crippen molar-refractivity contribution >= 4 is 50.8 Å². The maximum atomic E-state index is 11.6. The fraction of sp³-hybridized carbons (Fsp3) is 0. The first-order valence-corrected chi connectivity index (χ1v) is 10.1. The van der Waals surface area contributed by atoms with Crippen LogP contribution in [0.25, 0.3) is 38.6 Å². The molecule has 30 heavy (non-hydrogen) atoms. The minimum Gasteiger partial charge on any atom is -0.478 e. The van der Waals surface area contributed by atoms with E-state index in [4.69, 9.17) is 23.2 Å². The summed E-state index contributed by atoms with van der Waals surface area (Å²) in [5.74, 6) is -0.971. The van der Waals surface area contributed by atoms with Crippen molar-refractivity contribution in [1.82, 2.24) is 4.57 Å². The third kappa shape index (κ3) is 3.04. The molecule has 0 saturated carbocycles. The van der Waals surface area contributed by atoms with Gasteiger partial charge in [-0.25, -0.2) is 4.79 Å². The molecule has 146 valence electrons. The number of fused-ring (bicyclic) bond motifs is 3. The van der Waals surface area contributed by atoms with E-state index in [1.807, 2.05) is 34.9 Å². The van der Waals surface area contributed by atoms with Crippen molar-refractivity contribution in [3.63, 3.8) is 0 Å². The van der Waals surface area contributed by atoms with Crippen LogP contribution in [-0.4, -0.2) is 15.6 Å². The Kier molecular flexibility index (Phi) is 4.50. The summed E-state index contributed by atoms with van der Waals surface area (Å²) in [6, 6.07) is 26.6. The van der Waals surface area contributed by atoms with Crippen LogP contribution in [-0.2, 0) is 0 Å². The summed E-state index contributed by atoms with van der Waals surface area (Å²) in [4.78, 5) is 11.6. The van der Waals surface area contributed by atoms with Crippen LogP contribution in [0.5, 0.6) is 0 Å². The standard InChI is InChI=1S/C25H15Cl2NO2/c26-17-9-10-22(27)21(13-17)24-14-20-19-7-2-1-4-15(19)8-11-23(20)28(24)18-6-3-5-16(12-18)25(29)30/h1-14H,(H,29,30). The zero-order valence-corrected chi connectivity index (χ0v) is 17.2. The second kappa shape index (κ2) is 7.21. The Hall–Kier alpha value is -3.27. The fourth-order valence-corrected chi connectivity index (χ4v) is 4.30. The molecular weight excluding hydrogens is 417 g/mol. The number of aromatic nitrogens is 1. The normalized spacial score (nSPS) is 11.3. The number of carboxylic acid groups (broad SMARTS) is 1. The minimum absolute atomic E-state index is 0.221. The van der Waals surface area contributed by atoms with Crippen molar-refractivity contribution in [2.75, 3.05) is 0 Å². The van der Waals surface area contributed by atoms with Crippen LogP contribution in [0.15, 0.2) is 84.9 Å². The molecule has 5 aromatic rings. The molecule has 4 aromatic carbocycles. The summed E-state index contributed by atoms with van der Waals surface area (Å²) in [6.45, 7) is 0. The summed E-state index contributed by atoms with van der Waals surface area (Å²) in [6.07, 6.45) is 0. The van der Waals surface area contributed by atoms with Gasteiger partial charge in [-0.05, 0) is 59.3 Å². The molecule has 0 unspecified atom stereocenters. The van der Waals surface area contributed by atoms with Crippen LogP contribution in [0.2, 0.25) is 10.0 Å². The highest BCUT2D eigenvalue weighted by atomic mass is 35.5. The molecule has 1 N–H and O–H groups in total. The zero-order valence-electron chi connectivity index (χ0n) is 15.6. The first-order valence-electron chi connectivity index (χ1n) is 9.35. The van der Waals surface area contributed by atoms with Gasteiger partial charge in [0.1, 0.15) is 0 Å². The molecule has 0 radical (unpaired) electrons. The highest BCUT2D eigenvalue weighted by Gasteiger charge is 2.17. The Morgan fingerprint density at radius 1 is 0.800 bits per heavy atom. The first kappa shape index (κ1) is 18.7. The quantitative estimate of drug-likeness (QED) is 0.322. The number of nitrogens with zero attached hydrogens (tertiary/aromatic N) is 1. The van der Waals surface area contributed by atoms with Gasteiger partial charge in [-0.2, -0.15) is 0 Å². The Morgan fingerprint density at radius 3 is 2.47 bits per heavy atom. The molecule has 0 aliphatic rings. The lowest BCUT2D eigenvalue weighted by Crippen LogP contribution is -2.01. The van der Waals surface area contributed by atoms with Crippen molar-refractivity contribution in [2.24, 2.45) is 0 Å². The number of carbonyl (C=O) groups is 1. The summed E-state index contributed by atoms with van der Waals surface area (Å²) in [7, 11) is 0. The summed E-state index contributed by atoms with van der Waals surface area (Å²) in [5.41, 5.74) is 3.55. The van der Waals surface area contributed by atoms with E-state index in [2.05, 4.69) is 24.3 Å². The lowest BCUT2D eigenvalue weighted by atomic mass is 10.1. The Bertz CT molecular complexity index is 1450. The molecule has 0 fully saturated rings. The number of rotatable bonds is 3. The van der Waals surface area contributed by atoms with Crippen LogP contribution >= 0.6 is 23.2 Å². The lowest BCUT2D eigenvalue weighted by Gasteiger charge is -2.13. The number of aromatic carboxylic acids is 1. The number of hydrogen-bond donors (Lipinski definition) is 1. The van der Waals surface area contributed by atoms with Crippen molar-refractivity contribution in [3.8, 4) is 16.9 Å². The number of benzene rings is 4. The average molecular weight is 432 g/mol. The van der Waals surface area contributed by atoms with Crippen molar-refractivity contribution in [3.05, 3.63) is 101 Å². The van der Waals surface area contributed by atoms with Crippen LogP contribution in [0.1, 0.15) is 10.4 Å². The van der Waals surface area contributed by atoms with Crippen LogP contribution in [0, 0.1) is 0 Å². The molecule has 0 amide bonds. The Balaban J connectivity index is 1.92. The molecule has 1 heterocycles. The van der Waals surface area contributed by atoms with Gasteiger partial charge in [0.2, 0.25) is 0 Å². The van der Waals surface area contributed by atoms with E-state index in [1.54, 1.807) is 30.3 Å². The lowest BCUT2D eigenvalue weighted by molar-refractivity contribution is 0.0697. The zero-order chi connectivity index (χ0) is 20.8. The van der Waals surface area contributed by atoms with E-state index in [0.717, 1.165) is 38.6 Å². The minimum atomic E-state index is -0.971. The van der Waals surface area contributed by atoms with Gasteiger partial charge in [-0.15, -0.1) is 0 Å². The maximum absolute atomic E-state index is 11.6. The molecule has 0 aliphatic carbocycles. The van der Waals surface area contributed by atoms with Gasteiger partial charge < -0.3 is 9.67 Å². The molecule has 5 rings (SSSR count). The van der Waals surface area contributed by atoms with Crippen molar-refractivity contribution in [1.29, 1.82) is 0 Å². The highest BCUT2D eigenvalue weighted by Crippen LogP contribution is 2.39. The monoisotopic (exact) mass is 431 g/mol. The van der Waals surface area contributed by atoms with Crippen LogP contribution in [0.3, 0.4) is 0 Å². The van der Waals surface area contributed by atoms with E-state index in [0.29, 0.717) is 10.0 Å². The maximum Gasteiger partial charge on any atom is 0.335 e. The van der Waals surface area contributed by atoms with E-state index in [1.165, 1.54) is 0 Å². The van der Waals surface area contributed by atoms with Gasteiger partial charge >= 0.3 is 5.97 Å². The molecule has 5 heteroatoms. The van der Waals surface area contributed by atoms with Crippen LogP contribution in [0.4, 0.5) is 0 Å². The molecule has 0 atom stereocenters. The SMILES string of the molecule is O=C(O)c1cccc(-n2c(-c3cc(Cl)ccc3Cl)cc3c4ccccc4ccc32)c1. The number of halogens is 2. The molecule has 3 nitrogen and oxygen atoms in total. The van der Waals surface area contributed by atoms with Crippen molar-refractivity contribution < 1.29 is 9.90 Å². The van der Waals surface area contributed by atoms with Gasteiger partial charge in [0.25, 0.3) is 0 Å². The van der Waals surface area contributed by atoms with Crippen LogP contribution < -0.4 is 0 Å². The van der Waals surface area contributed by atoms with Gasteiger partial charge in [0.15, 0.2) is 0 Å². The highest BCUT2D eigenvalue weighted by molar-refractivity contribution is 6.35. The van der Waals surface area contributed by atoms with Gasteiger partial charge in [-0.3, -0.25) is 0 Å². The van der Waals surface area contributed by atoms with Gasteiger partial charge in [0, 0.05) is 26.7 Å². The smallest absolute Gasteiger partial charge is 0.335 e. The molecule has 1 aromatic heterocycles. The van der Waals surface area contributed by atoms with E-state index in [-0.39, 0.29) is 5.56 Å². The Labute approximate surface area is 182 Å². The Morgan fingerprint density at radius 2 is 1.63 bits per heavy atom.